The van der Waals surface area contributed by atoms with Crippen LogP contribution in [0.25, 0.3) is 0 Å². The fraction of sp³-hybridized carbons (Fsp3) is 0.654. The third kappa shape index (κ3) is 13.2. The molecule has 0 aliphatic carbocycles. The molecule has 8 heteroatoms. The molecule has 0 heterocycles. The van der Waals surface area contributed by atoms with Crippen molar-refractivity contribution in [3.05, 3.63) is 35.9 Å². The van der Waals surface area contributed by atoms with Gasteiger partial charge >= 0.3 is 18.0 Å². The second-order valence-corrected chi connectivity index (χ2v) is 10.2. The van der Waals surface area contributed by atoms with Crippen molar-refractivity contribution in [2.45, 2.75) is 72.5 Å². The molecular weight excluding hydrogens is 436 g/mol. The van der Waals surface area contributed by atoms with Gasteiger partial charge in [-0.05, 0) is 73.4 Å². The lowest BCUT2D eigenvalue weighted by Gasteiger charge is -2.28. The van der Waals surface area contributed by atoms with Gasteiger partial charge in [0.25, 0.3) is 0 Å². The molecule has 1 N–H and O–H groups in total. The van der Waals surface area contributed by atoms with Crippen LogP contribution >= 0.6 is 0 Å². The largest absolute Gasteiger partial charge is 0.466 e. The van der Waals surface area contributed by atoms with Crippen LogP contribution in [0.5, 0.6) is 0 Å². The van der Waals surface area contributed by atoms with E-state index in [0.717, 1.165) is 5.56 Å². The van der Waals surface area contributed by atoms with Gasteiger partial charge in [0, 0.05) is 13.1 Å². The van der Waals surface area contributed by atoms with Gasteiger partial charge in [-0.1, -0.05) is 30.3 Å². The Morgan fingerprint density at radius 1 is 0.941 bits per heavy atom. The average molecular weight is 479 g/mol. The molecule has 0 spiro atoms. The molecule has 0 fully saturated rings. The van der Waals surface area contributed by atoms with Gasteiger partial charge < -0.3 is 19.5 Å². The molecule has 1 amide bonds. The molecule has 1 atom stereocenters. The average Bonchev–Trinajstić information content (AvgIpc) is 2.70. The number of hydrogen-bond donors (Lipinski definition) is 1. The lowest BCUT2D eigenvalue weighted by molar-refractivity contribution is -0.156. The van der Waals surface area contributed by atoms with Crippen LogP contribution in [0, 0.1) is 5.92 Å². The summed E-state index contributed by atoms with van der Waals surface area (Å²) in [6.45, 7) is 13.8. The Morgan fingerprint density at radius 2 is 1.56 bits per heavy atom. The minimum atomic E-state index is -0.680. The fourth-order valence-electron chi connectivity index (χ4n) is 3.17. The Hall–Kier alpha value is -2.61. The Bertz CT molecular complexity index is 768. The maximum atomic E-state index is 12.6. The summed E-state index contributed by atoms with van der Waals surface area (Å²) in [4.78, 5) is 38.6. The van der Waals surface area contributed by atoms with Crippen LogP contribution in [0.2, 0.25) is 0 Å². The molecule has 1 aromatic carbocycles. The van der Waals surface area contributed by atoms with Gasteiger partial charge in [-0.25, -0.2) is 4.79 Å². The number of benzene rings is 1. The van der Waals surface area contributed by atoms with Gasteiger partial charge in [-0.3, -0.25) is 14.5 Å². The maximum Gasteiger partial charge on any atom is 0.410 e. The smallest absolute Gasteiger partial charge is 0.410 e. The summed E-state index contributed by atoms with van der Waals surface area (Å²) >= 11 is 0. The number of esters is 2. The van der Waals surface area contributed by atoms with Gasteiger partial charge in [0.05, 0.1) is 12.5 Å². The molecule has 0 aromatic heterocycles. The summed E-state index contributed by atoms with van der Waals surface area (Å²) in [5.74, 6) is -0.976. The number of hydrogen-bond acceptors (Lipinski definition) is 7. The number of nitrogens with zero attached hydrogens (tertiary/aromatic N) is 1. The zero-order valence-corrected chi connectivity index (χ0v) is 21.8. The molecule has 0 saturated carbocycles. The Labute approximate surface area is 204 Å². The van der Waals surface area contributed by atoms with Crippen molar-refractivity contribution >= 4 is 18.0 Å². The summed E-state index contributed by atoms with van der Waals surface area (Å²) in [6, 6.07) is 9.83. The highest BCUT2D eigenvalue weighted by molar-refractivity contribution is 5.78. The molecule has 34 heavy (non-hydrogen) atoms. The predicted octanol–water partition coefficient (Wildman–Crippen LogP) is 3.97. The number of amides is 1. The minimum absolute atomic E-state index is 0.201. The molecule has 8 nitrogen and oxygen atoms in total. The highest BCUT2D eigenvalue weighted by Crippen LogP contribution is 2.15. The lowest BCUT2D eigenvalue weighted by Crippen LogP contribution is -2.44. The number of carbonyl (C=O) groups is 3. The second kappa shape index (κ2) is 13.9. The molecule has 0 aliphatic heterocycles. The lowest BCUT2D eigenvalue weighted by atomic mass is 9.96. The highest BCUT2D eigenvalue weighted by atomic mass is 16.6. The maximum absolute atomic E-state index is 12.6. The number of rotatable bonds is 12. The molecule has 1 rings (SSSR count). The van der Waals surface area contributed by atoms with Crippen molar-refractivity contribution in [1.29, 1.82) is 0 Å². The molecule has 192 valence electrons. The van der Waals surface area contributed by atoms with E-state index >= 15 is 0 Å². The van der Waals surface area contributed by atoms with Crippen LogP contribution in [-0.4, -0.2) is 66.9 Å². The minimum Gasteiger partial charge on any atom is -0.466 e. The van der Waals surface area contributed by atoms with Crippen molar-refractivity contribution in [2.75, 3.05) is 32.8 Å². The van der Waals surface area contributed by atoms with Crippen molar-refractivity contribution < 1.29 is 28.6 Å². The van der Waals surface area contributed by atoms with E-state index in [2.05, 4.69) is 5.32 Å². The van der Waals surface area contributed by atoms with Crippen LogP contribution < -0.4 is 5.32 Å². The SMILES string of the molecule is CCOC(=O)C(CCNCCN(CC(=O)OC(C)(C)C)C(=O)OC(C)(C)C)Cc1ccccc1. The van der Waals surface area contributed by atoms with E-state index in [9.17, 15) is 14.4 Å². The monoisotopic (exact) mass is 478 g/mol. The number of carbonyl (C=O) groups excluding carboxylic acids is 3. The van der Waals surface area contributed by atoms with Crippen molar-refractivity contribution in [3.63, 3.8) is 0 Å². The van der Waals surface area contributed by atoms with E-state index in [1.807, 2.05) is 30.3 Å². The quantitative estimate of drug-likeness (QED) is 0.276. The Balaban J connectivity index is 2.64. The summed E-state index contributed by atoms with van der Waals surface area (Å²) < 4.78 is 16.0. The normalized spacial score (nSPS) is 12.6. The fourth-order valence-corrected chi connectivity index (χ4v) is 3.17. The summed E-state index contributed by atoms with van der Waals surface area (Å²) in [7, 11) is 0. The van der Waals surface area contributed by atoms with Crippen molar-refractivity contribution in [3.8, 4) is 0 Å². The number of nitrogens with one attached hydrogen (secondary N) is 1. The van der Waals surface area contributed by atoms with Crippen molar-refractivity contribution in [1.82, 2.24) is 10.2 Å². The van der Waals surface area contributed by atoms with Gasteiger partial charge in [-0.2, -0.15) is 0 Å². The van der Waals surface area contributed by atoms with Gasteiger partial charge in [0.15, 0.2) is 0 Å². The van der Waals surface area contributed by atoms with E-state index < -0.39 is 23.3 Å². The Morgan fingerprint density at radius 3 is 2.12 bits per heavy atom. The first-order valence-electron chi connectivity index (χ1n) is 11.9. The first-order chi connectivity index (χ1) is 15.8. The van der Waals surface area contributed by atoms with Gasteiger partial charge in [0.2, 0.25) is 0 Å². The van der Waals surface area contributed by atoms with Crippen LogP contribution in [0.4, 0.5) is 4.79 Å². The van der Waals surface area contributed by atoms with Crippen LogP contribution in [0.3, 0.4) is 0 Å². The summed E-state index contributed by atoms with van der Waals surface area (Å²) in [5.41, 5.74) is -0.245. The molecule has 0 saturated heterocycles. The third-order valence-corrected chi connectivity index (χ3v) is 4.56. The topological polar surface area (TPSA) is 94.2 Å². The first-order valence-corrected chi connectivity index (χ1v) is 11.9. The summed E-state index contributed by atoms with van der Waals surface area (Å²) in [6.07, 6.45) is 0.615. The summed E-state index contributed by atoms with van der Waals surface area (Å²) in [5, 5.41) is 3.26. The van der Waals surface area contributed by atoms with E-state index in [1.54, 1.807) is 48.5 Å². The van der Waals surface area contributed by atoms with E-state index in [0.29, 0.717) is 32.5 Å². The van der Waals surface area contributed by atoms with E-state index in [-0.39, 0.29) is 25.0 Å². The van der Waals surface area contributed by atoms with Crippen LogP contribution in [-0.2, 0) is 30.2 Å². The third-order valence-electron chi connectivity index (χ3n) is 4.56. The van der Waals surface area contributed by atoms with Crippen molar-refractivity contribution in [2.24, 2.45) is 5.92 Å². The number of ether oxygens (including phenoxy) is 3. The molecule has 0 bridgehead atoms. The predicted molar refractivity (Wildman–Crippen MR) is 131 cm³/mol. The van der Waals surface area contributed by atoms with Crippen LogP contribution in [0.15, 0.2) is 30.3 Å². The standard InChI is InChI=1S/C26H42N2O6/c1-8-32-23(30)21(18-20-12-10-9-11-13-20)14-15-27-16-17-28(24(31)34-26(5,6)7)19-22(29)33-25(2,3)4/h9-13,21,27H,8,14-19H2,1-7H3. The van der Waals surface area contributed by atoms with E-state index in [1.165, 1.54) is 4.90 Å². The highest BCUT2D eigenvalue weighted by Gasteiger charge is 2.26. The molecular formula is C26H42N2O6. The van der Waals surface area contributed by atoms with Gasteiger partial charge in [-0.15, -0.1) is 0 Å². The molecule has 0 radical (unpaired) electrons. The van der Waals surface area contributed by atoms with E-state index in [4.69, 9.17) is 14.2 Å². The molecule has 1 unspecified atom stereocenters. The Kier molecular flexibility index (Phi) is 12.1. The van der Waals surface area contributed by atoms with Crippen LogP contribution in [0.1, 0.15) is 60.5 Å². The zero-order valence-electron chi connectivity index (χ0n) is 21.8. The first kappa shape index (κ1) is 29.4. The molecule has 1 aromatic rings. The second-order valence-electron chi connectivity index (χ2n) is 10.2. The van der Waals surface area contributed by atoms with Gasteiger partial charge in [0.1, 0.15) is 17.7 Å². The zero-order chi connectivity index (χ0) is 25.8. The molecule has 0 aliphatic rings.